The Morgan fingerprint density at radius 1 is 0.929 bits per heavy atom. The molecule has 0 atom stereocenters. The molecule has 3 N–H and O–H groups in total. The zero-order valence-corrected chi connectivity index (χ0v) is 16.2. The zero-order chi connectivity index (χ0) is 19.8. The molecule has 1 aromatic carbocycles. The number of hydrogen-bond acceptors (Lipinski definition) is 6. The molecule has 0 spiro atoms. The van der Waals surface area contributed by atoms with Gasteiger partial charge in [0.25, 0.3) is 0 Å². The van der Waals surface area contributed by atoms with Crippen LogP contribution < -0.4 is 16.0 Å². The largest absolute Gasteiger partial charge is 0.367 e. The molecular formula is C20H21ClN6O. The third kappa shape index (κ3) is 6.21. The predicted molar refractivity (Wildman–Crippen MR) is 111 cm³/mol. The molecule has 8 heteroatoms. The Hall–Kier alpha value is -3.19. The maximum Gasteiger partial charge on any atom is 0.224 e. The predicted octanol–water partition coefficient (Wildman–Crippen LogP) is 3.35. The Balaban J connectivity index is 1.38. The van der Waals surface area contributed by atoms with E-state index in [0.717, 1.165) is 11.1 Å². The van der Waals surface area contributed by atoms with E-state index < -0.39 is 0 Å². The van der Waals surface area contributed by atoms with Crippen molar-refractivity contribution in [3.05, 3.63) is 70.9 Å². The standard InChI is InChI=1S/C20H21ClN6O/c1-14-2-7-17(24-13-14)25-19-9-8-18(26-27-19)22-10-11-23-20(28)12-15-3-5-16(21)6-4-15/h2-9,13H,10-12H2,1H3,(H,22,26)(H,23,28)(H,24,25,27). The maximum absolute atomic E-state index is 11.9. The summed E-state index contributed by atoms with van der Waals surface area (Å²) in [6, 6.07) is 14.7. The molecule has 0 saturated heterocycles. The van der Waals surface area contributed by atoms with Crippen LogP contribution in [0.3, 0.4) is 0 Å². The topological polar surface area (TPSA) is 91.8 Å². The second-order valence-corrected chi connectivity index (χ2v) is 6.67. The third-order valence-corrected chi connectivity index (χ3v) is 4.12. The number of nitrogens with zero attached hydrogens (tertiary/aromatic N) is 3. The lowest BCUT2D eigenvalue weighted by molar-refractivity contribution is -0.120. The first-order valence-electron chi connectivity index (χ1n) is 8.87. The van der Waals surface area contributed by atoms with Gasteiger partial charge in [-0.05, 0) is 48.4 Å². The van der Waals surface area contributed by atoms with E-state index in [1.807, 2.05) is 43.3 Å². The normalized spacial score (nSPS) is 10.4. The number of pyridine rings is 1. The molecule has 0 fully saturated rings. The Morgan fingerprint density at radius 3 is 2.32 bits per heavy atom. The van der Waals surface area contributed by atoms with Gasteiger partial charge >= 0.3 is 0 Å². The van der Waals surface area contributed by atoms with E-state index in [1.54, 1.807) is 18.3 Å². The van der Waals surface area contributed by atoms with Crippen molar-refractivity contribution in [1.29, 1.82) is 0 Å². The first-order chi connectivity index (χ1) is 13.6. The molecule has 0 saturated carbocycles. The van der Waals surface area contributed by atoms with Gasteiger partial charge in [0, 0.05) is 24.3 Å². The van der Waals surface area contributed by atoms with Gasteiger partial charge in [-0.25, -0.2) is 4.98 Å². The number of benzene rings is 1. The SMILES string of the molecule is Cc1ccc(Nc2ccc(NCCNC(=O)Cc3ccc(Cl)cc3)nn2)nc1. The highest BCUT2D eigenvalue weighted by atomic mass is 35.5. The fourth-order valence-electron chi connectivity index (χ4n) is 2.41. The average molecular weight is 397 g/mol. The average Bonchev–Trinajstić information content (AvgIpc) is 2.70. The van der Waals surface area contributed by atoms with Crippen LogP contribution in [0.2, 0.25) is 5.02 Å². The van der Waals surface area contributed by atoms with Gasteiger partial charge in [-0.1, -0.05) is 29.8 Å². The van der Waals surface area contributed by atoms with Crippen LogP contribution in [-0.4, -0.2) is 34.2 Å². The fraction of sp³-hybridized carbons (Fsp3) is 0.200. The highest BCUT2D eigenvalue weighted by Gasteiger charge is 2.03. The van der Waals surface area contributed by atoms with Gasteiger partial charge in [-0.2, -0.15) is 0 Å². The highest BCUT2D eigenvalue weighted by molar-refractivity contribution is 6.30. The summed E-state index contributed by atoms with van der Waals surface area (Å²) in [6.07, 6.45) is 2.11. The first-order valence-corrected chi connectivity index (χ1v) is 9.25. The Labute approximate surface area is 168 Å². The molecule has 0 aliphatic rings. The second-order valence-electron chi connectivity index (χ2n) is 6.23. The molecule has 28 heavy (non-hydrogen) atoms. The monoisotopic (exact) mass is 396 g/mol. The van der Waals surface area contributed by atoms with Crippen molar-refractivity contribution in [2.45, 2.75) is 13.3 Å². The van der Waals surface area contributed by atoms with E-state index in [1.165, 1.54) is 0 Å². The molecule has 3 rings (SSSR count). The van der Waals surface area contributed by atoms with Gasteiger partial charge < -0.3 is 16.0 Å². The van der Waals surface area contributed by atoms with Gasteiger partial charge in [0.2, 0.25) is 5.91 Å². The van der Waals surface area contributed by atoms with Crippen molar-refractivity contribution in [3.8, 4) is 0 Å². The highest BCUT2D eigenvalue weighted by Crippen LogP contribution is 2.13. The number of aryl methyl sites for hydroxylation is 1. The summed E-state index contributed by atoms with van der Waals surface area (Å²) in [5, 5.41) is 17.9. The van der Waals surface area contributed by atoms with Crippen molar-refractivity contribution in [1.82, 2.24) is 20.5 Å². The van der Waals surface area contributed by atoms with Gasteiger partial charge in [-0.3, -0.25) is 4.79 Å². The molecule has 0 aliphatic carbocycles. The van der Waals surface area contributed by atoms with Crippen LogP contribution in [-0.2, 0) is 11.2 Å². The summed E-state index contributed by atoms with van der Waals surface area (Å²) >= 11 is 5.84. The quantitative estimate of drug-likeness (QED) is 0.506. The lowest BCUT2D eigenvalue weighted by Crippen LogP contribution is -2.30. The Bertz CT molecular complexity index is 897. The molecule has 0 radical (unpaired) electrons. The van der Waals surface area contributed by atoms with Crippen LogP contribution in [0.15, 0.2) is 54.7 Å². The minimum absolute atomic E-state index is 0.0413. The fourth-order valence-corrected chi connectivity index (χ4v) is 2.53. The molecule has 2 aromatic heterocycles. The minimum atomic E-state index is -0.0413. The summed E-state index contributed by atoms with van der Waals surface area (Å²) in [7, 11) is 0. The van der Waals surface area contributed by atoms with E-state index in [2.05, 4.69) is 31.1 Å². The number of amides is 1. The number of rotatable bonds is 8. The van der Waals surface area contributed by atoms with Crippen LogP contribution >= 0.6 is 11.6 Å². The summed E-state index contributed by atoms with van der Waals surface area (Å²) in [5.74, 6) is 1.91. The van der Waals surface area contributed by atoms with E-state index >= 15 is 0 Å². The van der Waals surface area contributed by atoms with Gasteiger partial charge in [0.15, 0.2) is 5.82 Å². The van der Waals surface area contributed by atoms with E-state index in [0.29, 0.717) is 42.0 Å². The van der Waals surface area contributed by atoms with Crippen LogP contribution in [0.1, 0.15) is 11.1 Å². The summed E-state index contributed by atoms with van der Waals surface area (Å²) < 4.78 is 0. The van der Waals surface area contributed by atoms with Crippen molar-refractivity contribution < 1.29 is 4.79 Å². The zero-order valence-electron chi connectivity index (χ0n) is 15.4. The molecule has 0 aliphatic heterocycles. The molecule has 3 aromatic rings. The first kappa shape index (κ1) is 19.6. The van der Waals surface area contributed by atoms with E-state index in [-0.39, 0.29) is 5.91 Å². The molecule has 7 nitrogen and oxygen atoms in total. The van der Waals surface area contributed by atoms with Gasteiger partial charge in [0.05, 0.1) is 6.42 Å². The second kappa shape index (κ2) is 9.66. The Kier molecular flexibility index (Phi) is 6.75. The van der Waals surface area contributed by atoms with Crippen LogP contribution in [0, 0.1) is 6.92 Å². The van der Waals surface area contributed by atoms with Crippen LogP contribution in [0.5, 0.6) is 0 Å². The molecule has 0 bridgehead atoms. The number of nitrogens with one attached hydrogen (secondary N) is 3. The molecule has 2 heterocycles. The molecule has 1 amide bonds. The van der Waals surface area contributed by atoms with E-state index in [4.69, 9.17) is 11.6 Å². The summed E-state index contributed by atoms with van der Waals surface area (Å²) in [4.78, 5) is 16.2. The summed E-state index contributed by atoms with van der Waals surface area (Å²) in [6.45, 7) is 3.02. The van der Waals surface area contributed by atoms with Crippen LogP contribution in [0.25, 0.3) is 0 Å². The van der Waals surface area contributed by atoms with Gasteiger partial charge in [0.1, 0.15) is 11.6 Å². The third-order valence-electron chi connectivity index (χ3n) is 3.86. The number of carbonyl (C=O) groups is 1. The number of hydrogen-bond donors (Lipinski definition) is 3. The maximum atomic E-state index is 11.9. The van der Waals surface area contributed by atoms with Crippen molar-refractivity contribution >= 4 is 35.0 Å². The molecular weight excluding hydrogens is 376 g/mol. The number of aromatic nitrogens is 3. The van der Waals surface area contributed by atoms with Gasteiger partial charge in [-0.15, -0.1) is 10.2 Å². The lowest BCUT2D eigenvalue weighted by Gasteiger charge is -2.08. The smallest absolute Gasteiger partial charge is 0.224 e. The van der Waals surface area contributed by atoms with Crippen LogP contribution in [0.4, 0.5) is 17.5 Å². The molecule has 0 unspecified atom stereocenters. The van der Waals surface area contributed by atoms with Crippen molar-refractivity contribution in [2.24, 2.45) is 0 Å². The lowest BCUT2D eigenvalue weighted by atomic mass is 10.1. The number of halogens is 1. The summed E-state index contributed by atoms with van der Waals surface area (Å²) in [5.41, 5.74) is 2.02. The Morgan fingerprint density at radius 2 is 1.64 bits per heavy atom. The van der Waals surface area contributed by atoms with Crippen molar-refractivity contribution in [3.63, 3.8) is 0 Å². The number of carbonyl (C=O) groups excluding carboxylic acids is 1. The van der Waals surface area contributed by atoms with E-state index in [9.17, 15) is 4.79 Å². The number of anilines is 3. The molecule has 144 valence electrons. The minimum Gasteiger partial charge on any atom is -0.367 e. The van der Waals surface area contributed by atoms with Crippen molar-refractivity contribution in [2.75, 3.05) is 23.7 Å².